The molecule has 2 aromatic carbocycles. The maximum Gasteiger partial charge on any atom is 0.490 e. The molecule has 1 aliphatic rings. The fourth-order valence-electron chi connectivity index (χ4n) is 8.56. The SMILES string of the molecule is C[C@H](NC(=O)Cc1ccncc1)C(=O)N[C@@H](C)C(=O)N[C@@H](CC(N)=O)C(=O)N[C@@H](CCN(C(=O)COC(=O)C(F)(F)F)[C@@H](c1cc(-c2cc(F)ccc2F)cn1Cc1ccccc1)C(C)(C)C)C(=O)NCCNC(=O)CN1C(=O)C=CC1=O. The Hall–Kier alpha value is -9.37. The van der Waals surface area contributed by atoms with Gasteiger partial charge in [-0.3, -0.25) is 57.8 Å². The minimum atomic E-state index is -5.55. The van der Waals surface area contributed by atoms with E-state index in [4.69, 9.17) is 5.73 Å². The number of halogens is 5. The van der Waals surface area contributed by atoms with Crippen LogP contribution in [0, 0.1) is 17.0 Å². The zero-order valence-electron chi connectivity index (χ0n) is 45.6. The first kappa shape index (κ1) is 64.5. The van der Waals surface area contributed by atoms with Gasteiger partial charge in [0.1, 0.15) is 42.3 Å². The van der Waals surface area contributed by atoms with Crippen molar-refractivity contribution in [1.29, 1.82) is 0 Å². The molecule has 8 N–H and O–H groups in total. The second-order valence-electron chi connectivity index (χ2n) is 20.2. The van der Waals surface area contributed by atoms with Crippen molar-refractivity contribution in [2.45, 2.75) is 96.8 Å². The average molecular weight is 1160 g/mol. The van der Waals surface area contributed by atoms with Crippen molar-refractivity contribution in [3.63, 3.8) is 0 Å². The highest BCUT2D eigenvalue weighted by atomic mass is 19.4. The molecule has 0 saturated heterocycles. The van der Waals surface area contributed by atoms with Crippen LogP contribution in [-0.4, -0.2) is 148 Å². The van der Waals surface area contributed by atoms with E-state index >= 15 is 4.39 Å². The summed E-state index contributed by atoms with van der Waals surface area (Å²) in [5, 5.41) is 14.4. The third kappa shape index (κ3) is 19.1. The number of alkyl halides is 3. The molecule has 28 heteroatoms. The normalized spacial score (nSPS) is 14.1. The lowest BCUT2D eigenvalue weighted by Gasteiger charge is -2.41. The summed E-state index contributed by atoms with van der Waals surface area (Å²) in [6.07, 6.45) is -0.910. The Morgan fingerprint density at radius 2 is 1.34 bits per heavy atom. The molecule has 0 spiro atoms. The predicted octanol–water partition coefficient (Wildman–Crippen LogP) is 1.54. The van der Waals surface area contributed by atoms with Crippen molar-refractivity contribution in [3.05, 3.63) is 126 Å². The van der Waals surface area contributed by atoms with Gasteiger partial charge in [-0.15, -0.1) is 0 Å². The van der Waals surface area contributed by atoms with Gasteiger partial charge in [0.15, 0.2) is 6.61 Å². The van der Waals surface area contributed by atoms with Crippen LogP contribution in [0.25, 0.3) is 11.1 Å². The zero-order valence-corrected chi connectivity index (χ0v) is 45.6. The van der Waals surface area contributed by atoms with Crippen LogP contribution in [0.15, 0.2) is 97.5 Å². The number of pyridine rings is 1. The van der Waals surface area contributed by atoms with Gasteiger partial charge in [0.25, 0.3) is 17.7 Å². The lowest BCUT2D eigenvalue weighted by atomic mass is 9.82. The molecule has 1 aliphatic heterocycles. The topological polar surface area (TPSA) is 319 Å². The molecule has 0 fully saturated rings. The highest BCUT2D eigenvalue weighted by molar-refractivity contribution is 6.14. The first-order valence-corrected chi connectivity index (χ1v) is 25.7. The molecule has 0 unspecified atom stereocenters. The molecule has 0 radical (unpaired) electrons. The third-order valence-electron chi connectivity index (χ3n) is 12.6. The maximum absolute atomic E-state index is 15.5. The minimum Gasteiger partial charge on any atom is -0.449 e. The number of carbonyl (C=O) groups excluding carboxylic acids is 11. The van der Waals surface area contributed by atoms with Crippen LogP contribution in [0.2, 0.25) is 0 Å². The number of carbonyl (C=O) groups is 11. The van der Waals surface area contributed by atoms with Gasteiger partial charge in [-0.2, -0.15) is 13.2 Å². The van der Waals surface area contributed by atoms with Crippen LogP contribution in [0.4, 0.5) is 22.0 Å². The first-order valence-electron chi connectivity index (χ1n) is 25.7. The van der Waals surface area contributed by atoms with E-state index in [2.05, 4.69) is 41.6 Å². The molecule has 5 rings (SSSR count). The summed E-state index contributed by atoms with van der Waals surface area (Å²) in [5.41, 5.74) is 5.63. The number of amides is 10. The molecule has 5 atom stereocenters. The van der Waals surface area contributed by atoms with Gasteiger partial charge in [-0.1, -0.05) is 51.1 Å². The predicted molar refractivity (Wildman–Crippen MR) is 284 cm³/mol. The standard InChI is InChI=1S/C55H62F5N11O12/c1-31(65-43(73)23-33-15-18-62-19-16-33)49(78)66-32(2)50(79)68-40(26-42(61)72)52(81)67-39(51(80)64-21-20-63-44(74)29-71-45(75)13-14-46(71)76)17-22-70(47(77)30-83-53(82)55(58,59)60)48(54(3,4)5)41-24-35(37-25-36(56)11-12-38(37)57)28-69(41)27-34-9-7-6-8-10-34/h6-16,18-19,24-25,28,31-32,39-40,48H,17,20-23,26-27,29-30H2,1-5H3,(H2,61,72)(H,63,74)(H,64,80)(H,65,73)(H,66,78)(H,67,81)(H,68,79)/t31-,32-,39-,40-,48-/m0/s1. The molecule has 0 aliphatic carbocycles. The summed E-state index contributed by atoms with van der Waals surface area (Å²) < 4.78 is 76.8. The second kappa shape index (κ2) is 28.9. The Bertz CT molecular complexity index is 3080. The molecule has 0 bridgehead atoms. The van der Waals surface area contributed by atoms with Gasteiger partial charge in [0, 0.05) is 73.7 Å². The van der Waals surface area contributed by atoms with Crippen molar-refractivity contribution >= 4 is 65.0 Å². The maximum atomic E-state index is 15.5. The van der Waals surface area contributed by atoms with Crippen LogP contribution >= 0.6 is 0 Å². The summed E-state index contributed by atoms with van der Waals surface area (Å²) in [7, 11) is 0. The number of hydrogen-bond acceptors (Lipinski definition) is 13. The van der Waals surface area contributed by atoms with Crippen LogP contribution < -0.4 is 37.6 Å². The molecule has 23 nitrogen and oxygen atoms in total. The zero-order chi connectivity index (χ0) is 61.3. The van der Waals surface area contributed by atoms with Crippen molar-refractivity contribution in [1.82, 2.24) is 51.3 Å². The number of rotatable bonds is 27. The van der Waals surface area contributed by atoms with Crippen molar-refractivity contribution in [3.8, 4) is 11.1 Å². The highest BCUT2D eigenvalue weighted by Crippen LogP contribution is 2.41. The van der Waals surface area contributed by atoms with E-state index in [0.717, 1.165) is 35.3 Å². The van der Waals surface area contributed by atoms with Crippen LogP contribution in [0.3, 0.4) is 0 Å². The molecule has 444 valence electrons. The Balaban J connectivity index is 1.48. The van der Waals surface area contributed by atoms with E-state index < -0.39 is 158 Å². The lowest BCUT2D eigenvalue weighted by Crippen LogP contribution is -2.58. The number of ether oxygens (including phenoxy) is 1. The van der Waals surface area contributed by atoms with E-state index in [1.165, 1.54) is 38.5 Å². The summed E-state index contributed by atoms with van der Waals surface area (Å²) in [4.78, 5) is 149. The molecule has 2 aromatic heterocycles. The van der Waals surface area contributed by atoms with E-state index in [9.17, 15) is 70.3 Å². The van der Waals surface area contributed by atoms with Crippen LogP contribution in [0.1, 0.15) is 70.3 Å². The van der Waals surface area contributed by atoms with Crippen molar-refractivity contribution < 1.29 is 79.4 Å². The van der Waals surface area contributed by atoms with Gasteiger partial charge in [0.2, 0.25) is 41.4 Å². The van der Waals surface area contributed by atoms with E-state index in [-0.39, 0.29) is 36.3 Å². The fourth-order valence-corrected chi connectivity index (χ4v) is 8.56. The number of nitrogens with zero attached hydrogens (tertiary/aromatic N) is 4. The quantitative estimate of drug-likeness (QED) is 0.0193. The second-order valence-corrected chi connectivity index (χ2v) is 20.2. The average Bonchev–Trinajstić information content (AvgIpc) is 4.21. The lowest BCUT2D eigenvalue weighted by molar-refractivity contribution is -0.201. The monoisotopic (exact) mass is 1160 g/mol. The third-order valence-corrected chi connectivity index (χ3v) is 12.6. The Morgan fingerprint density at radius 3 is 1.96 bits per heavy atom. The van der Waals surface area contributed by atoms with Crippen LogP contribution in [0.5, 0.6) is 0 Å². The molecular weight excluding hydrogens is 1100 g/mol. The Labute approximate surface area is 472 Å². The number of primary amides is 1. The summed E-state index contributed by atoms with van der Waals surface area (Å²) in [6, 6.07) is 8.31. The number of imide groups is 1. The summed E-state index contributed by atoms with van der Waals surface area (Å²) in [6.45, 7) is 3.76. The number of hydrogen-bond donors (Lipinski definition) is 7. The van der Waals surface area contributed by atoms with Gasteiger partial charge in [0.05, 0.1) is 18.9 Å². The van der Waals surface area contributed by atoms with E-state index in [1.807, 2.05) is 0 Å². The molecular formula is C55H62F5N11O12. The Morgan fingerprint density at radius 1 is 0.723 bits per heavy atom. The van der Waals surface area contributed by atoms with Gasteiger partial charge in [-0.25, -0.2) is 13.6 Å². The number of nitrogens with one attached hydrogen (secondary N) is 6. The number of nitrogens with two attached hydrogens (primary N) is 1. The van der Waals surface area contributed by atoms with Crippen molar-refractivity contribution in [2.75, 3.05) is 32.8 Å². The fraction of sp³-hybridized carbons (Fsp3) is 0.382. The smallest absolute Gasteiger partial charge is 0.449 e. The van der Waals surface area contributed by atoms with Gasteiger partial charge < -0.3 is 51.8 Å². The van der Waals surface area contributed by atoms with Crippen molar-refractivity contribution in [2.24, 2.45) is 11.1 Å². The number of aromatic nitrogens is 2. The van der Waals surface area contributed by atoms with E-state index in [1.54, 1.807) is 67.8 Å². The number of benzene rings is 2. The summed E-state index contributed by atoms with van der Waals surface area (Å²) in [5.74, 6) is -13.9. The largest absolute Gasteiger partial charge is 0.490 e. The molecule has 0 saturated carbocycles. The van der Waals surface area contributed by atoms with E-state index in [0.29, 0.717) is 16.0 Å². The van der Waals surface area contributed by atoms with Gasteiger partial charge >= 0.3 is 12.1 Å². The summed E-state index contributed by atoms with van der Waals surface area (Å²) >= 11 is 0. The first-order chi connectivity index (χ1) is 39.0. The number of esters is 1. The molecule has 4 aromatic rings. The molecule has 83 heavy (non-hydrogen) atoms. The molecule has 10 amide bonds. The Kier molecular flexibility index (Phi) is 22.4. The van der Waals surface area contributed by atoms with Gasteiger partial charge in [-0.05, 0) is 73.2 Å². The highest BCUT2D eigenvalue weighted by Gasteiger charge is 2.43. The molecule has 3 heterocycles. The minimum absolute atomic E-state index is 0.0157. The van der Waals surface area contributed by atoms with Crippen LogP contribution in [-0.2, 0) is 70.4 Å².